The smallest absolute Gasteiger partial charge is 0.305 e. The van der Waals surface area contributed by atoms with Crippen molar-refractivity contribution in [1.29, 1.82) is 0 Å². The third-order valence-corrected chi connectivity index (χ3v) is 4.28. The number of aryl methyl sites for hydroxylation is 1. The molecular weight excluding hydrogens is 326 g/mol. The Morgan fingerprint density at radius 1 is 1.00 bits per heavy atom. The Morgan fingerprint density at radius 2 is 1.71 bits per heavy atom. The topological polar surface area (TPSA) is 56.8 Å². The minimum atomic E-state index is -0.191. The van der Waals surface area contributed by atoms with Crippen LogP contribution in [0, 0.1) is 0 Å². The summed E-state index contributed by atoms with van der Waals surface area (Å²) in [6.07, 6.45) is 1.08. The number of carbonyl (C=O) groups is 1. The average Bonchev–Trinajstić information content (AvgIpc) is 2.64. The van der Waals surface area contributed by atoms with Crippen LogP contribution in [0.4, 0.5) is 5.69 Å². The van der Waals surface area contributed by atoms with Gasteiger partial charge in [-0.3, -0.25) is 4.79 Å². The predicted molar refractivity (Wildman–Crippen MR) is 95.8 cm³/mol. The van der Waals surface area contributed by atoms with Gasteiger partial charge in [0.1, 0.15) is 0 Å². The number of ether oxygens (including phenoxy) is 3. The molecule has 2 rings (SSSR count). The summed E-state index contributed by atoms with van der Waals surface area (Å²) in [7, 11) is 4.63. The molecule has 0 aliphatic heterocycles. The lowest BCUT2D eigenvalue weighted by molar-refractivity contribution is -0.140. The van der Waals surface area contributed by atoms with E-state index in [1.54, 1.807) is 14.2 Å². The van der Waals surface area contributed by atoms with E-state index in [0.717, 1.165) is 16.1 Å². The Labute approximate surface area is 146 Å². The maximum Gasteiger partial charge on any atom is 0.305 e. The molecular formula is C18H21NO4S. The molecule has 0 radical (unpaired) electrons. The minimum Gasteiger partial charge on any atom is -0.493 e. The highest BCUT2D eigenvalue weighted by atomic mass is 32.2. The van der Waals surface area contributed by atoms with Crippen LogP contribution in [0.2, 0.25) is 0 Å². The zero-order chi connectivity index (χ0) is 17.4. The Kier molecular flexibility index (Phi) is 6.81. The standard InChI is InChI=1S/C18H21NO4S/c1-21-16-10-7-14(12-17(16)22-2)19-24-15-8-4-13(5-9-15)6-11-18(20)23-3/h4-5,7-10,12,19H,6,11H2,1-3H3. The molecule has 2 aromatic carbocycles. The van der Waals surface area contributed by atoms with Gasteiger partial charge < -0.3 is 18.9 Å². The largest absolute Gasteiger partial charge is 0.493 e. The summed E-state index contributed by atoms with van der Waals surface area (Å²) in [6, 6.07) is 13.7. The first-order chi connectivity index (χ1) is 11.7. The summed E-state index contributed by atoms with van der Waals surface area (Å²) in [6.45, 7) is 0. The Balaban J connectivity index is 1.91. The van der Waals surface area contributed by atoms with Crippen molar-refractivity contribution in [2.75, 3.05) is 26.1 Å². The Morgan fingerprint density at radius 3 is 2.33 bits per heavy atom. The first-order valence-corrected chi connectivity index (χ1v) is 8.28. The Hall–Kier alpha value is -2.34. The van der Waals surface area contributed by atoms with Gasteiger partial charge >= 0.3 is 5.97 Å². The lowest BCUT2D eigenvalue weighted by atomic mass is 10.1. The molecule has 24 heavy (non-hydrogen) atoms. The number of methoxy groups -OCH3 is 3. The van der Waals surface area contributed by atoms with Gasteiger partial charge in [-0.1, -0.05) is 12.1 Å². The van der Waals surface area contributed by atoms with Crippen LogP contribution >= 0.6 is 11.9 Å². The van der Waals surface area contributed by atoms with Crippen molar-refractivity contribution in [3.05, 3.63) is 48.0 Å². The molecule has 0 aliphatic carbocycles. The fourth-order valence-electron chi connectivity index (χ4n) is 2.09. The van der Waals surface area contributed by atoms with Gasteiger partial charge in [0.2, 0.25) is 0 Å². The first-order valence-electron chi connectivity index (χ1n) is 7.47. The molecule has 0 heterocycles. The second kappa shape index (κ2) is 9.08. The van der Waals surface area contributed by atoms with Crippen LogP contribution in [0.25, 0.3) is 0 Å². The van der Waals surface area contributed by atoms with Gasteiger partial charge in [0.25, 0.3) is 0 Å². The molecule has 0 fully saturated rings. The van der Waals surface area contributed by atoms with Crippen LogP contribution < -0.4 is 14.2 Å². The second-order valence-electron chi connectivity index (χ2n) is 4.99. The lowest BCUT2D eigenvalue weighted by Gasteiger charge is -2.11. The molecule has 6 heteroatoms. The second-order valence-corrected chi connectivity index (χ2v) is 5.87. The minimum absolute atomic E-state index is 0.191. The number of carbonyl (C=O) groups excluding carboxylic acids is 1. The molecule has 1 N–H and O–H groups in total. The quantitative estimate of drug-likeness (QED) is 0.577. The Bertz CT molecular complexity index is 673. The van der Waals surface area contributed by atoms with E-state index in [2.05, 4.69) is 9.46 Å². The average molecular weight is 347 g/mol. The zero-order valence-electron chi connectivity index (χ0n) is 14.0. The van der Waals surface area contributed by atoms with Crippen molar-refractivity contribution in [2.24, 2.45) is 0 Å². The zero-order valence-corrected chi connectivity index (χ0v) is 14.8. The van der Waals surface area contributed by atoms with E-state index in [0.29, 0.717) is 24.3 Å². The van der Waals surface area contributed by atoms with Crippen molar-refractivity contribution in [2.45, 2.75) is 17.7 Å². The van der Waals surface area contributed by atoms with Crippen molar-refractivity contribution < 1.29 is 19.0 Å². The highest BCUT2D eigenvalue weighted by molar-refractivity contribution is 8.00. The molecule has 0 aromatic heterocycles. The van der Waals surface area contributed by atoms with Crippen LogP contribution in [-0.2, 0) is 16.0 Å². The monoisotopic (exact) mass is 347 g/mol. The van der Waals surface area contributed by atoms with Crippen LogP contribution in [0.3, 0.4) is 0 Å². The molecule has 0 saturated carbocycles. The number of hydrogen-bond donors (Lipinski definition) is 1. The number of nitrogens with one attached hydrogen (secondary N) is 1. The SMILES string of the molecule is COC(=O)CCc1ccc(SNc2ccc(OC)c(OC)c2)cc1. The van der Waals surface area contributed by atoms with Crippen molar-refractivity contribution >= 4 is 23.6 Å². The molecule has 2 aromatic rings. The fourth-order valence-corrected chi connectivity index (χ4v) is 2.73. The van der Waals surface area contributed by atoms with Crippen LogP contribution in [0.15, 0.2) is 47.4 Å². The highest BCUT2D eigenvalue weighted by Gasteiger charge is 2.05. The first kappa shape index (κ1) is 18.0. The van der Waals surface area contributed by atoms with E-state index in [4.69, 9.17) is 9.47 Å². The van der Waals surface area contributed by atoms with Gasteiger partial charge in [0.15, 0.2) is 11.5 Å². The van der Waals surface area contributed by atoms with E-state index in [-0.39, 0.29) is 5.97 Å². The van der Waals surface area contributed by atoms with E-state index >= 15 is 0 Å². The summed E-state index contributed by atoms with van der Waals surface area (Å²) in [5.74, 6) is 1.19. The van der Waals surface area contributed by atoms with E-state index in [1.807, 2.05) is 42.5 Å². The molecule has 5 nitrogen and oxygen atoms in total. The van der Waals surface area contributed by atoms with Gasteiger partial charge in [-0.15, -0.1) is 0 Å². The lowest BCUT2D eigenvalue weighted by Crippen LogP contribution is -2.01. The third kappa shape index (κ3) is 5.09. The maximum absolute atomic E-state index is 11.2. The van der Waals surface area contributed by atoms with Crippen LogP contribution in [0.5, 0.6) is 11.5 Å². The van der Waals surface area contributed by atoms with Gasteiger partial charge in [0, 0.05) is 23.1 Å². The summed E-state index contributed by atoms with van der Waals surface area (Å²) in [4.78, 5) is 12.2. The summed E-state index contributed by atoms with van der Waals surface area (Å²) in [5.41, 5.74) is 2.03. The van der Waals surface area contributed by atoms with Crippen molar-refractivity contribution in [3.8, 4) is 11.5 Å². The number of esters is 1. The molecule has 0 amide bonds. The normalized spacial score (nSPS) is 10.1. The van der Waals surface area contributed by atoms with Gasteiger partial charge in [-0.2, -0.15) is 0 Å². The predicted octanol–water partition coefficient (Wildman–Crippen LogP) is 3.93. The van der Waals surface area contributed by atoms with E-state index < -0.39 is 0 Å². The summed E-state index contributed by atoms with van der Waals surface area (Å²) >= 11 is 1.51. The molecule has 0 bridgehead atoms. The number of rotatable bonds is 8. The fraction of sp³-hybridized carbons (Fsp3) is 0.278. The molecule has 0 atom stereocenters. The molecule has 128 valence electrons. The summed E-state index contributed by atoms with van der Waals surface area (Å²) < 4.78 is 18.4. The van der Waals surface area contributed by atoms with E-state index in [1.165, 1.54) is 19.1 Å². The number of hydrogen-bond acceptors (Lipinski definition) is 6. The third-order valence-electron chi connectivity index (χ3n) is 3.44. The number of anilines is 1. The maximum atomic E-state index is 11.2. The van der Waals surface area contributed by atoms with E-state index in [9.17, 15) is 4.79 Å². The van der Waals surface area contributed by atoms with Crippen LogP contribution in [0.1, 0.15) is 12.0 Å². The summed E-state index contributed by atoms with van der Waals surface area (Å²) in [5, 5.41) is 0. The number of benzene rings is 2. The van der Waals surface area contributed by atoms with Crippen molar-refractivity contribution in [1.82, 2.24) is 0 Å². The van der Waals surface area contributed by atoms with Crippen LogP contribution in [-0.4, -0.2) is 27.3 Å². The highest BCUT2D eigenvalue weighted by Crippen LogP contribution is 2.31. The molecule has 0 unspecified atom stereocenters. The molecule has 0 aliphatic rings. The van der Waals surface area contributed by atoms with Crippen molar-refractivity contribution in [3.63, 3.8) is 0 Å². The molecule has 0 saturated heterocycles. The van der Waals surface area contributed by atoms with Gasteiger partial charge in [-0.05, 0) is 48.2 Å². The van der Waals surface area contributed by atoms with Gasteiger partial charge in [0.05, 0.1) is 21.3 Å². The van der Waals surface area contributed by atoms with Gasteiger partial charge in [-0.25, -0.2) is 0 Å². The molecule has 0 spiro atoms.